The van der Waals surface area contributed by atoms with Gasteiger partial charge in [-0.3, -0.25) is 4.79 Å². The predicted molar refractivity (Wildman–Crippen MR) is 103 cm³/mol. The van der Waals surface area contributed by atoms with Gasteiger partial charge in [-0.15, -0.1) is 22.7 Å². The largest absolute Gasteiger partial charge is 0.378 e. The number of imidazole rings is 1. The number of amides is 1. The van der Waals surface area contributed by atoms with Crippen LogP contribution in [-0.2, 0) is 9.53 Å². The number of hydrogen-bond acceptors (Lipinski definition) is 6. The number of aromatic nitrogens is 2. The molecule has 1 saturated heterocycles. The van der Waals surface area contributed by atoms with Gasteiger partial charge in [0.25, 0.3) is 0 Å². The zero-order chi connectivity index (χ0) is 17.1. The number of ether oxygens (including phenoxy) is 1. The highest BCUT2D eigenvalue weighted by molar-refractivity contribution is 7.99. The van der Waals surface area contributed by atoms with Gasteiger partial charge in [-0.2, -0.15) is 0 Å². The minimum atomic E-state index is 0.139. The molecule has 5 nitrogen and oxygen atoms in total. The molecule has 0 saturated carbocycles. The minimum Gasteiger partial charge on any atom is -0.378 e. The number of carbonyl (C=O) groups excluding carboxylic acids is 1. The van der Waals surface area contributed by atoms with Crippen LogP contribution in [0.2, 0.25) is 0 Å². The number of thiophene rings is 2. The molecule has 130 valence electrons. The molecular weight excluding hydrogens is 374 g/mol. The maximum atomic E-state index is 12.3. The number of carbonyl (C=O) groups is 1. The first-order valence-electron chi connectivity index (χ1n) is 7.97. The first kappa shape index (κ1) is 16.8. The van der Waals surface area contributed by atoms with Crippen molar-refractivity contribution >= 4 is 40.3 Å². The highest BCUT2D eigenvalue weighted by Gasteiger charge is 2.19. The fourth-order valence-corrected chi connectivity index (χ4v) is 4.86. The van der Waals surface area contributed by atoms with Gasteiger partial charge in [-0.05, 0) is 22.9 Å². The second kappa shape index (κ2) is 7.74. The Morgan fingerprint density at radius 2 is 1.92 bits per heavy atom. The Morgan fingerprint density at radius 1 is 1.20 bits per heavy atom. The van der Waals surface area contributed by atoms with E-state index in [0.717, 1.165) is 26.3 Å². The third-order valence-electron chi connectivity index (χ3n) is 3.90. The number of thioether (sulfide) groups is 1. The Labute approximate surface area is 158 Å². The minimum absolute atomic E-state index is 0.139. The maximum Gasteiger partial charge on any atom is 0.233 e. The van der Waals surface area contributed by atoms with Gasteiger partial charge in [0.1, 0.15) is 5.69 Å². The molecule has 4 rings (SSSR count). The van der Waals surface area contributed by atoms with Gasteiger partial charge in [0, 0.05) is 13.1 Å². The summed E-state index contributed by atoms with van der Waals surface area (Å²) in [5, 5.41) is 4.90. The van der Waals surface area contributed by atoms with E-state index >= 15 is 0 Å². The maximum absolute atomic E-state index is 12.3. The van der Waals surface area contributed by atoms with Gasteiger partial charge in [-0.1, -0.05) is 23.9 Å². The van der Waals surface area contributed by atoms with Gasteiger partial charge in [0.05, 0.1) is 34.4 Å². The number of hydrogen-bond donors (Lipinski definition) is 1. The van der Waals surface area contributed by atoms with Crippen molar-refractivity contribution in [3.05, 3.63) is 35.0 Å². The van der Waals surface area contributed by atoms with E-state index in [1.54, 1.807) is 22.7 Å². The fourth-order valence-electron chi connectivity index (χ4n) is 2.64. The van der Waals surface area contributed by atoms with Gasteiger partial charge in [0.15, 0.2) is 5.16 Å². The molecule has 0 aromatic carbocycles. The average molecular weight is 392 g/mol. The van der Waals surface area contributed by atoms with Crippen LogP contribution in [0.4, 0.5) is 0 Å². The van der Waals surface area contributed by atoms with Crippen LogP contribution in [0, 0.1) is 0 Å². The lowest BCUT2D eigenvalue weighted by Crippen LogP contribution is -2.41. The van der Waals surface area contributed by atoms with Crippen molar-refractivity contribution in [2.24, 2.45) is 0 Å². The summed E-state index contributed by atoms with van der Waals surface area (Å²) in [6.07, 6.45) is 0. The van der Waals surface area contributed by atoms with Gasteiger partial charge in [-0.25, -0.2) is 4.98 Å². The van der Waals surface area contributed by atoms with E-state index in [1.807, 2.05) is 17.0 Å². The van der Waals surface area contributed by atoms with E-state index in [-0.39, 0.29) is 5.91 Å². The molecule has 0 radical (unpaired) electrons. The van der Waals surface area contributed by atoms with Gasteiger partial charge in [0.2, 0.25) is 5.91 Å². The van der Waals surface area contributed by atoms with Crippen molar-refractivity contribution in [3.63, 3.8) is 0 Å². The second-order valence-electron chi connectivity index (χ2n) is 5.50. The molecule has 0 atom stereocenters. The Kier molecular flexibility index (Phi) is 5.21. The number of aromatic amines is 1. The molecule has 25 heavy (non-hydrogen) atoms. The summed E-state index contributed by atoms with van der Waals surface area (Å²) >= 11 is 4.82. The zero-order valence-electron chi connectivity index (χ0n) is 13.4. The van der Waals surface area contributed by atoms with Crippen molar-refractivity contribution in [2.75, 3.05) is 32.1 Å². The Hall–Kier alpha value is -1.61. The number of nitrogens with zero attached hydrogens (tertiary/aromatic N) is 2. The molecule has 3 aromatic heterocycles. The predicted octanol–water partition coefficient (Wildman–Crippen LogP) is 3.82. The first-order chi connectivity index (χ1) is 12.3. The highest BCUT2D eigenvalue weighted by Crippen LogP contribution is 2.36. The summed E-state index contributed by atoms with van der Waals surface area (Å²) in [5.74, 6) is 0.529. The molecule has 1 N–H and O–H groups in total. The van der Waals surface area contributed by atoms with Crippen LogP contribution < -0.4 is 0 Å². The van der Waals surface area contributed by atoms with E-state index in [0.29, 0.717) is 32.1 Å². The van der Waals surface area contributed by atoms with Crippen LogP contribution in [0.5, 0.6) is 0 Å². The van der Waals surface area contributed by atoms with E-state index in [4.69, 9.17) is 9.72 Å². The number of rotatable bonds is 5. The summed E-state index contributed by atoms with van der Waals surface area (Å²) < 4.78 is 5.30. The van der Waals surface area contributed by atoms with Gasteiger partial charge >= 0.3 is 0 Å². The Bertz CT molecular complexity index is 770. The van der Waals surface area contributed by atoms with Crippen molar-refractivity contribution in [1.29, 1.82) is 0 Å². The van der Waals surface area contributed by atoms with Crippen molar-refractivity contribution in [1.82, 2.24) is 14.9 Å². The molecule has 0 unspecified atom stereocenters. The molecule has 8 heteroatoms. The molecule has 3 aromatic rings. The van der Waals surface area contributed by atoms with Crippen LogP contribution in [0.15, 0.2) is 40.2 Å². The zero-order valence-corrected chi connectivity index (χ0v) is 15.9. The van der Waals surface area contributed by atoms with E-state index in [1.165, 1.54) is 11.8 Å². The first-order valence-corrected chi connectivity index (χ1v) is 10.7. The normalized spacial score (nSPS) is 14.8. The third-order valence-corrected chi connectivity index (χ3v) is 6.52. The fraction of sp³-hybridized carbons (Fsp3) is 0.294. The Balaban J connectivity index is 1.52. The summed E-state index contributed by atoms with van der Waals surface area (Å²) in [4.78, 5) is 24.6. The quantitative estimate of drug-likeness (QED) is 0.672. The van der Waals surface area contributed by atoms with Crippen molar-refractivity contribution in [3.8, 4) is 21.1 Å². The molecule has 1 aliphatic heterocycles. The molecule has 1 fully saturated rings. The molecule has 0 spiro atoms. The van der Waals surface area contributed by atoms with Crippen molar-refractivity contribution in [2.45, 2.75) is 5.16 Å². The van der Waals surface area contributed by atoms with Crippen LogP contribution in [0.25, 0.3) is 21.1 Å². The molecule has 1 aliphatic rings. The highest BCUT2D eigenvalue weighted by atomic mass is 32.2. The summed E-state index contributed by atoms with van der Waals surface area (Å²) in [6, 6.07) is 8.23. The number of nitrogens with one attached hydrogen (secondary N) is 1. The van der Waals surface area contributed by atoms with E-state index in [9.17, 15) is 4.79 Å². The second-order valence-corrected chi connectivity index (χ2v) is 8.36. The lowest BCUT2D eigenvalue weighted by molar-refractivity contribution is -0.132. The topological polar surface area (TPSA) is 58.2 Å². The molecular formula is C17H17N3O2S3. The third kappa shape index (κ3) is 3.82. The molecule has 1 amide bonds. The Morgan fingerprint density at radius 3 is 2.60 bits per heavy atom. The molecule has 0 aliphatic carbocycles. The summed E-state index contributed by atoms with van der Waals surface area (Å²) in [7, 11) is 0. The standard InChI is InChI=1S/C17H17N3O2S3/c21-14(20-5-7-22-8-6-20)11-25-17-18-15(12-3-1-9-23-12)16(19-17)13-4-2-10-24-13/h1-4,9-10H,5-8,11H2,(H,18,19). The lowest BCUT2D eigenvalue weighted by Gasteiger charge is -2.26. The van der Waals surface area contributed by atoms with Crippen molar-refractivity contribution < 1.29 is 9.53 Å². The molecule has 4 heterocycles. The number of morpholine rings is 1. The summed E-state index contributed by atoms with van der Waals surface area (Å²) in [5.41, 5.74) is 1.98. The van der Waals surface area contributed by atoms with E-state index < -0.39 is 0 Å². The van der Waals surface area contributed by atoms with Crippen LogP contribution in [0.3, 0.4) is 0 Å². The number of H-pyrrole nitrogens is 1. The van der Waals surface area contributed by atoms with Crippen LogP contribution >= 0.6 is 34.4 Å². The van der Waals surface area contributed by atoms with Gasteiger partial charge < -0.3 is 14.6 Å². The monoisotopic (exact) mass is 391 g/mol. The average Bonchev–Trinajstić information content (AvgIpc) is 3.41. The molecule has 0 bridgehead atoms. The SMILES string of the molecule is O=C(CSc1nc(-c2cccs2)c(-c2cccs2)[nH]1)N1CCOCC1. The van der Waals surface area contributed by atoms with E-state index in [2.05, 4.69) is 27.9 Å². The lowest BCUT2D eigenvalue weighted by atomic mass is 10.2. The van der Waals surface area contributed by atoms with Crippen LogP contribution in [0.1, 0.15) is 0 Å². The smallest absolute Gasteiger partial charge is 0.233 e. The van der Waals surface area contributed by atoms with Crippen LogP contribution in [-0.4, -0.2) is 52.8 Å². The summed E-state index contributed by atoms with van der Waals surface area (Å²) in [6.45, 7) is 2.61.